The zero-order valence-electron chi connectivity index (χ0n) is 9.71. The van der Waals surface area contributed by atoms with Crippen LogP contribution >= 0.6 is 11.8 Å². The standard InChI is InChI=1S/C12H15NO3S/c1-8(14)11(17-9(2)15)12(16)13-10-6-4-3-5-7-10/h3-7,9,11,15H,1-2H3,(H,13,16). The Labute approximate surface area is 104 Å². The third-order valence-electron chi connectivity index (χ3n) is 1.98. The minimum Gasteiger partial charge on any atom is -0.383 e. The molecular weight excluding hydrogens is 238 g/mol. The van der Waals surface area contributed by atoms with Gasteiger partial charge in [-0.25, -0.2) is 0 Å². The first-order valence-electron chi connectivity index (χ1n) is 5.20. The van der Waals surface area contributed by atoms with E-state index in [1.165, 1.54) is 13.8 Å². The predicted octanol–water partition coefficient (Wildman–Crippen LogP) is 1.65. The Balaban J connectivity index is 2.69. The molecule has 1 rings (SSSR count). The number of para-hydroxylation sites is 1. The van der Waals surface area contributed by atoms with Crippen molar-refractivity contribution in [3.05, 3.63) is 30.3 Å². The highest BCUT2D eigenvalue weighted by Gasteiger charge is 2.25. The number of thioether (sulfide) groups is 1. The molecule has 1 aromatic rings. The first kappa shape index (κ1) is 13.7. The third-order valence-corrected chi connectivity index (χ3v) is 3.19. The Morgan fingerprint density at radius 2 is 1.88 bits per heavy atom. The second-order valence-corrected chi connectivity index (χ2v) is 5.01. The third kappa shape index (κ3) is 4.58. The van der Waals surface area contributed by atoms with Gasteiger partial charge in [-0.2, -0.15) is 0 Å². The van der Waals surface area contributed by atoms with Crippen molar-refractivity contribution in [2.45, 2.75) is 24.5 Å². The number of aliphatic hydroxyl groups excluding tert-OH is 1. The molecule has 1 aromatic carbocycles. The van der Waals surface area contributed by atoms with Crippen molar-refractivity contribution in [2.24, 2.45) is 0 Å². The fourth-order valence-electron chi connectivity index (χ4n) is 1.27. The Hall–Kier alpha value is -1.33. The maximum Gasteiger partial charge on any atom is 0.245 e. The lowest BCUT2D eigenvalue weighted by Crippen LogP contribution is -2.32. The van der Waals surface area contributed by atoms with E-state index in [0.29, 0.717) is 5.69 Å². The van der Waals surface area contributed by atoms with Gasteiger partial charge < -0.3 is 10.4 Å². The van der Waals surface area contributed by atoms with Gasteiger partial charge in [0.1, 0.15) is 5.25 Å². The number of aliphatic hydroxyl groups is 1. The monoisotopic (exact) mass is 253 g/mol. The summed E-state index contributed by atoms with van der Waals surface area (Å²) in [4.78, 5) is 23.1. The molecular formula is C12H15NO3S. The normalized spacial score (nSPS) is 13.8. The van der Waals surface area contributed by atoms with E-state index in [1.807, 2.05) is 6.07 Å². The topological polar surface area (TPSA) is 66.4 Å². The molecule has 0 aromatic heterocycles. The molecule has 1 amide bonds. The highest BCUT2D eigenvalue weighted by Crippen LogP contribution is 2.18. The van der Waals surface area contributed by atoms with Crippen LogP contribution in [0.15, 0.2) is 30.3 Å². The molecule has 5 heteroatoms. The molecule has 0 spiro atoms. The number of hydrogen-bond donors (Lipinski definition) is 2. The molecule has 0 saturated heterocycles. The van der Waals surface area contributed by atoms with Crippen LogP contribution in [0.25, 0.3) is 0 Å². The van der Waals surface area contributed by atoms with Gasteiger partial charge in [-0.15, -0.1) is 11.8 Å². The quantitative estimate of drug-likeness (QED) is 0.618. The number of hydrogen-bond acceptors (Lipinski definition) is 4. The van der Waals surface area contributed by atoms with Gasteiger partial charge in [0.25, 0.3) is 0 Å². The van der Waals surface area contributed by atoms with Crippen LogP contribution in [0.2, 0.25) is 0 Å². The van der Waals surface area contributed by atoms with Crippen molar-refractivity contribution >= 4 is 29.1 Å². The number of nitrogens with one attached hydrogen (secondary N) is 1. The van der Waals surface area contributed by atoms with Gasteiger partial charge in [-0.05, 0) is 26.0 Å². The SMILES string of the molecule is CC(=O)C(SC(C)O)C(=O)Nc1ccccc1. The van der Waals surface area contributed by atoms with Crippen molar-refractivity contribution in [3.8, 4) is 0 Å². The molecule has 0 aliphatic carbocycles. The molecule has 0 bridgehead atoms. The van der Waals surface area contributed by atoms with Crippen molar-refractivity contribution in [3.63, 3.8) is 0 Å². The predicted molar refractivity (Wildman–Crippen MR) is 68.8 cm³/mol. The van der Waals surface area contributed by atoms with Crippen LogP contribution in [0.1, 0.15) is 13.8 Å². The molecule has 0 heterocycles. The van der Waals surface area contributed by atoms with Crippen molar-refractivity contribution in [1.29, 1.82) is 0 Å². The minimum absolute atomic E-state index is 0.274. The summed E-state index contributed by atoms with van der Waals surface area (Å²) in [5, 5.41) is 11.0. The maximum atomic E-state index is 11.8. The summed E-state index contributed by atoms with van der Waals surface area (Å²) in [6, 6.07) is 8.90. The van der Waals surface area contributed by atoms with E-state index < -0.39 is 16.6 Å². The number of rotatable bonds is 5. The van der Waals surface area contributed by atoms with Gasteiger partial charge in [0.15, 0.2) is 5.78 Å². The summed E-state index contributed by atoms with van der Waals surface area (Å²) in [7, 11) is 0. The second-order valence-electron chi connectivity index (χ2n) is 3.58. The lowest BCUT2D eigenvalue weighted by molar-refractivity contribution is -0.123. The van der Waals surface area contributed by atoms with Crippen molar-refractivity contribution in [2.75, 3.05) is 5.32 Å². The average molecular weight is 253 g/mol. The zero-order valence-corrected chi connectivity index (χ0v) is 10.5. The van der Waals surface area contributed by atoms with E-state index in [1.54, 1.807) is 24.3 Å². The summed E-state index contributed by atoms with van der Waals surface area (Å²) >= 11 is 0.929. The molecule has 17 heavy (non-hydrogen) atoms. The summed E-state index contributed by atoms with van der Waals surface area (Å²) in [5.41, 5.74) is -0.125. The molecule has 2 N–H and O–H groups in total. The molecule has 0 fully saturated rings. The Morgan fingerprint density at radius 1 is 1.29 bits per heavy atom. The van der Waals surface area contributed by atoms with E-state index in [4.69, 9.17) is 0 Å². The van der Waals surface area contributed by atoms with Gasteiger partial charge in [-0.3, -0.25) is 9.59 Å². The fourth-order valence-corrected chi connectivity index (χ4v) is 2.04. The molecule has 92 valence electrons. The number of carbonyl (C=O) groups excluding carboxylic acids is 2. The number of ketones is 1. The van der Waals surface area contributed by atoms with E-state index in [0.717, 1.165) is 11.8 Å². The molecule has 0 aliphatic rings. The van der Waals surface area contributed by atoms with Crippen molar-refractivity contribution in [1.82, 2.24) is 0 Å². The van der Waals surface area contributed by atoms with Crippen LogP contribution < -0.4 is 5.32 Å². The lowest BCUT2D eigenvalue weighted by Gasteiger charge is -2.15. The molecule has 4 nitrogen and oxygen atoms in total. The number of benzene rings is 1. The van der Waals surface area contributed by atoms with Crippen molar-refractivity contribution < 1.29 is 14.7 Å². The largest absolute Gasteiger partial charge is 0.383 e. The highest BCUT2D eigenvalue weighted by atomic mass is 32.2. The molecule has 0 radical (unpaired) electrons. The summed E-state index contributed by atoms with van der Waals surface area (Å²) in [6.45, 7) is 2.86. The van der Waals surface area contributed by atoms with Crippen LogP contribution in [-0.4, -0.2) is 27.5 Å². The van der Waals surface area contributed by atoms with E-state index in [-0.39, 0.29) is 5.78 Å². The van der Waals surface area contributed by atoms with Crippen LogP contribution in [0.3, 0.4) is 0 Å². The van der Waals surface area contributed by atoms with Gasteiger partial charge in [0.05, 0.1) is 5.44 Å². The molecule has 2 unspecified atom stereocenters. The van der Waals surface area contributed by atoms with Crippen LogP contribution in [0.5, 0.6) is 0 Å². The van der Waals surface area contributed by atoms with Crippen LogP contribution in [0.4, 0.5) is 5.69 Å². The van der Waals surface area contributed by atoms with E-state index in [9.17, 15) is 14.7 Å². The second kappa shape index (κ2) is 6.42. The highest BCUT2D eigenvalue weighted by molar-refractivity contribution is 8.01. The minimum atomic E-state index is -0.879. The molecule has 2 atom stereocenters. The van der Waals surface area contributed by atoms with Crippen LogP contribution in [-0.2, 0) is 9.59 Å². The summed E-state index contributed by atoms with van der Waals surface area (Å²) < 4.78 is 0. The number of amides is 1. The van der Waals surface area contributed by atoms with Gasteiger partial charge in [-0.1, -0.05) is 18.2 Å². The zero-order chi connectivity index (χ0) is 12.8. The lowest BCUT2D eigenvalue weighted by atomic mass is 10.2. The molecule has 0 aliphatic heterocycles. The van der Waals surface area contributed by atoms with E-state index in [2.05, 4.69) is 5.32 Å². The number of carbonyl (C=O) groups is 2. The number of anilines is 1. The van der Waals surface area contributed by atoms with Gasteiger partial charge >= 0.3 is 0 Å². The van der Waals surface area contributed by atoms with E-state index >= 15 is 0 Å². The van der Waals surface area contributed by atoms with Gasteiger partial charge in [0, 0.05) is 5.69 Å². The van der Waals surface area contributed by atoms with Gasteiger partial charge in [0.2, 0.25) is 5.91 Å². The fraction of sp³-hybridized carbons (Fsp3) is 0.333. The number of Topliss-reactive ketones (excluding diaryl/α,β-unsaturated/α-hetero) is 1. The Kier molecular flexibility index (Phi) is 5.18. The summed E-state index contributed by atoms with van der Waals surface area (Å²) in [5.74, 6) is -0.682. The smallest absolute Gasteiger partial charge is 0.245 e. The first-order chi connectivity index (χ1) is 8.00. The summed E-state index contributed by atoms with van der Waals surface area (Å²) in [6.07, 6.45) is 0. The average Bonchev–Trinajstić information content (AvgIpc) is 2.26. The Bertz CT molecular complexity index is 392. The first-order valence-corrected chi connectivity index (χ1v) is 6.15. The molecule has 0 saturated carbocycles. The van der Waals surface area contributed by atoms with Crippen LogP contribution in [0, 0.1) is 0 Å². The maximum absolute atomic E-state index is 11.8. The Morgan fingerprint density at radius 3 is 2.35 bits per heavy atom.